The first-order valence-electron chi connectivity index (χ1n) is 5.80. The number of hydrogen-bond donors (Lipinski definition) is 1. The molecule has 3 rings (SSSR count). The minimum Gasteiger partial charge on any atom is -0.382 e. The lowest BCUT2D eigenvalue weighted by molar-refractivity contribution is 0.626. The van der Waals surface area contributed by atoms with Crippen LogP contribution >= 0.6 is 0 Å². The molecule has 0 saturated heterocycles. The first-order valence-corrected chi connectivity index (χ1v) is 5.80. The summed E-state index contributed by atoms with van der Waals surface area (Å²) < 4.78 is 26.3. The van der Waals surface area contributed by atoms with Gasteiger partial charge in [0.05, 0.1) is 11.4 Å². The van der Waals surface area contributed by atoms with E-state index in [0.717, 1.165) is 30.2 Å². The minimum absolute atomic E-state index is 0.270. The van der Waals surface area contributed by atoms with E-state index < -0.39 is 0 Å². The molecule has 0 unspecified atom stereocenters. The van der Waals surface area contributed by atoms with E-state index in [2.05, 4.69) is 5.32 Å². The molecule has 2 nitrogen and oxygen atoms in total. The Kier molecular flexibility index (Phi) is 2.63. The Bertz CT molecular complexity index is 567. The van der Waals surface area contributed by atoms with Crippen molar-refractivity contribution in [1.82, 2.24) is 0 Å². The molecule has 0 saturated carbocycles. The fraction of sp³-hybridized carbons (Fsp3) is 0.143. The summed E-state index contributed by atoms with van der Waals surface area (Å²) in [5.74, 6) is -0.544. The maximum absolute atomic E-state index is 13.3. The van der Waals surface area contributed by atoms with Gasteiger partial charge in [0.1, 0.15) is 11.6 Å². The molecule has 1 aliphatic rings. The van der Waals surface area contributed by atoms with E-state index in [-0.39, 0.29) is 11.6 Å². The number of rotatable bonds is 1. The average Bonchev–Trinajstić information content (AvgIpc) is 2.39. The van der Waals surface area contributed by atoms with Crippen molar-refractivity contribution in [1.29, 1.82) is 0 Å². The molecule has 0 spiro atoms. The van der Waals surface area contributed by atoms with Gasteiger partial charge in [-0.3, -0.25) is 0 Å². The average molecular weight is 246 g/mol. The highest BCUT2D eigenvalue weighted by Gasteiger charge is 2.18. The molecular formula is C14H12F2N2. The Morgan fingerprint density at radius 2 is 1.67 bits per heavy atom. The third kappa shape index (κ3) is 1.90. The maximum Gasteiger partial charge on any atom is 0.125 e. The molecule has 2 aromatic rings. The van der Waals surface area contributed by atoms with Crippen molar-refractivity contribution in [3.8, 4) is 0 Å². The standard InChI is InChI=1S/C14H12F2N2/c15-10-1-4-12(5-2-10)18-8-7-17-13-6-3-11(16)9-14(13)18/h1-6,9,17H,7-8H2. The van der Waals surface area contributed by atoms with Crippen LogP contribution in [-0.2, 0) is 0 Å². The number of benzene rings is 2. The molecule has 0 bridgehead atoms. The molecular weight excluding hydrogens is 234 g/mol. The largest absolute Gasteiger partial charge is 0.382 e. The van der Waals surface area contributed by atoms with Gasteiger partial charge in [0.2, 0.25) is 0 Å². The molecule has 4 heteroatoms. The Hall–Kier alpha value is -2.10. The Morgan fingerprint density at radius 3 is 2.44 bits per heavy atom. The second kappa shape index (κ2) is 4.29. The predicted molar refractivity (Wildman–Crippen MR) is 68.3 cm³/mol. The van der Waals surface area contributed by atoms with Crippen molar-refractivity contribution >= 4 is 17.1 Å². The SMILES string of the molecule is Fc1ccc(N2CCNc3ccc(F)cc32)cc1. The zero-order valence-corrected chi connectivity index (χ0v) is 9.66. The minimum atomic E-state index is -0.274. The lowest BCUT2D eigenvalue weighted by atomic mass is 10.1. The van der Waals surface area contributed by atoms with Crippen LogP contribution in [0.1, 0.15) is 0 Å². The summed E-state index contributed by atoms with van der Waals surface area (Å²) in [4.78, 5) is 1.98. The quantitative estimate of drug-likeness (QED) is 0.828. The summed E-state index contributed by atoms with van der Waals surface area (Å²) in [5.41, 5.74) is 2.55. The fourth-order valence-corrected chi connectivity index (χ4v) is 2.19. The van der Waals surface area contributed by atoms with Crippen molar-refractivity contribution in [2.75, 3.05) is 23.3 Å². The fourth-order valence-electron chi connectivity index (χ4n) is 2.19. The molecule has 92 valence electrons. The van der Waals surface area contributed by atoms with Crippen LogP contribution in [0.3, 0.4) is 0 Å². The molecule has 1 aliphatic heterocycles. The van der Waals surface area contributed by atoms with Crippen LogP contribution in [0.25, 0.3) is 0 Å². The molecule has 0 aromatic heterocycles. The van der Waals surface area contributed by atoms with E-state index in [0.29, 0.717) is 0 Å². The molecule has 2 aromatic carbocycles. The number of hydrogen-bond acceptors (Lipinski definition) is 2. The highest BCUT2D eigenvalue weighted by atomic mass is 19.1. The van der Waals surface area contributed by atoms with Crippen LogP contribution in [0.5, 0.6) is 0 Å². The van der Waals surface area contributed by atoms with Crippen LogP contribution in [0, 0.1) is 11.6 Å². The normalized spacial score (nSPS) is 14.0. The lowest BCUT2D eigenvalue weighted by Crippen LogP contribution is -2.30. The topological polar surface area (TPSA) is 15.3 Å². The van der Waals surface area contributed by atoms with Gasteiger partial charge < -0.3 is 10.2 Å². The van der Waals surface area contributed by atoms with Crippen molar-refractivity contribution in [2.45, 2.75) is 0 Å². The Labute approximate surface area is 104 Å². The van der Waals surface area contributed by atoms with Gasteiger partial charge >= 0.3 is 0 Å². The molecule has 0 atom stereocenters. The van der Waals surface area contributed by atoms with E-state index >= 15 is 0 Å². The lowest BCUT2D eigenvalue weighted by Gasteiger charge is -2.32. The number of nitrogens with one attached hydrogen (secondary N) is 1. The van der Waals surface area contributed by atoms with Crippen LogP contribution < -0.4 is 10.2 Å². The van der Waals surface area contributed by atoms with Crippen molar-refractivity contribution in [3.63, 3.8) is 0 Å². The first-order chi connectivity index (χ1) is 8.74. The number of fused-ring (bicyclic) bond motifs is 1. The summed E-state index contributed by atoms with van der Waals surface area (Å²) >= 11 is 0. The van der Waals surface area contributed by atoms with Gasteiger partial charge in [0, 0.05) is 18.8 Å². The van der Waals surface area contributed by atoms with E-state index in [9.17, 15) is 8.78 Å². The van der Waals surface area contributed by atoms with Crippen molar-refractivity contribution < 1.29 is 8.78 Å². The highest BCUT2D eigenvalue weighted by molar-refractivity contribution is 5.78. The zero-order valence-electron chi connectivity index (χ0n) is 9.66. The monoisotopic (exact) mass is 246 g/mol. The molecule has 1 heterocycles. The third-order valence-electron chi connectivity index (χ3n) is 3.04. The van der Waals surface area contributed by atoms with Crippen LogP contribution in [0.15, 0.2) is 42.5 Å². The first kappa shape index (κ1) is 11.0. The summed E-state index contributed by atoms with van der Waals surface area (Å²) in [6, 6.07) is 10.9. The summed E-state index contributed by atoms with van der Waals surface area (Å²) in [6.45, 7) is 1.50. The molecule has 0 aliphatic carbocycles. The second-order valence-corrected chi connectivity index (χ2v) is 4.22. The molecule has 0 fully saturated rings. The van der Waals surface area contributed by atoms with Crippen LogP contribution in [-0.4, -0.2) is 13.1 Å². The summed E-state index contributed by atoms with van der Waals surface area (Å²) in [6.07, 6.45) is 0. The maximum atomic E-state index is 13.3. The van der Waals surface area contributed by atoms with Gasteiger partial charge in [-0.05, 0) is 42.5 Å². The van der Waals surface area contributed by atoms with Gasteiger partial charge in [0.15, 0.2) is 0 Å². The van der Waals surface area contributed by atoms with E-state index in [1.54, 1.807) is 18.2 Å². The summed E-state index contributed by atoms with van der Waals surface area (Å²) in [7, 11) is 0. The predicted octanol–water partition coefficient (Wildman–Crippen LogP) is 3.53. The number of nitrogens with zero attached hydrogens (tertiary/aromatic N) is 1. The number of halogens is 2. The van der Waals surface area contributed by atoms with Gasteiger partial charge in [-0.1, -0.05) is 0 Å². The Morgan fingerprint density at radius 1 is 0.944 bits per heavy atom. The zero-order chi connectivity index (χ0) is 12.5. The molecule has 18 heavy (non-hydrogen) atoms. The number of anilines is 3. The van der Waals surface area contributed by atoms with Gasteiger partial charge in [-0.25, -0.2) is 8.78 Å². The summed E-state index contributed by atoms with van der Waals surface area (Å²) in [5, 5.41) is 3.22. The smallest absolute Gasteiger partial charge is 0.125 e. The Balaban J connectivity index is 2.05. The van der Waals surface area contributed by atoms with E-state index in [1.807, 2.05) is 4.90 Å². The third-order valence-corrected chi connectivity index (χ3v) is 3.04. The van der Waals surface area contributed by atoms with E-state index in [1.165, 1.54) is 24.3 Å². The van der Waals surface area contributed by atoms with E-state index in [4.69, 9.17) is 0 Å². The van der Waals surface area contributed by atoms with Gasteiger partial charge in [-0.15, -0.1) is 0 Å². The molecule has 0 radical (unpaired) electrons. The highest BCUT2D eigenvalue weighted by Crippen LogP contribution is 2.34. The van der Waals surface area contributed by atoms with Crippen LogP contribution in [0.4, 0.5) is 25.8 Å². The molecule has 1 N–H and O–H groups in total. The van der Waals surface area contributed by atoms with Crippen molar-refractivity contribution in [3.05, 3.63) is 54.1 Å². The van der Waals surface area contributed by atoms with Crippen molar-refractivity contribution in [2.24, 2.45) is 0 Å². The van der Waals surface area contributed by atoms with Gasteiger partial charge in [-0.2, -0.15) is 0 Å². The second-order valence-electron chi connectivity index (χ2n) is 4.22. The van der Waals surface area contributed by atoms with Gasteiger partial charge in [0.25, 0.3) is 0 Å². The van der Waals surface area contributed by atoms with Crippen LogP contribution in [0.2, 0.25) is 0 Å². The molecule has 0 amide bonds.